The van der Waals surface area contributed by atoms with Crippen LogP contribution in [0.5, 0.6) is 0 Å². The fourth-order valence-electron chi connectivity index (χ4n) is 1.42. The lowest BCUT2D eigenvalue weighted by atomic mass is 10.3. The Labute approximate surface area is 103 Å². The topological polar surface area (TPSA) is 20.3 Å². The molecule has 0 bridgehead atoms. The van der Waals surface area contributed by atoms with E-state index < -0.39 is 0 Å². The Morgan fingerprint density at radius 3 is 2.38 bits per heavy atom. The molecule has 0 N–H and O–H groups in total. The third-order valence-corrected chi connectivity index (χ3v) is 4.04. The van der Waals surface area contributed by atoms with Crippen LogP contribution in [0.15, 0.2) is 35.0 Å². The van der Waals surface area contributed by atoms with Crippen molar-refractivity contribution in [2.75, 3.05) is 7.05 Å². The van der Waals surface area contributed by atoms with Gasteiger partial charge in [-0.3, -0.25) is 4.79 Å². The highest BCUT2D eigenvalue weighted by molar-refractivity contribution is 7.10. The predicted molar refractivity (Wildman–Crippen MR) is 68.8 cm³/mol. The first-order valence-electron chi connectivity index (χ1n) is 5.04. The Morgan fingerprint density at radius 2 is 1.81 bits per heavy atom. The number of carbonyl (C=O) groups is 1. The zero-order chi connectivity index (χ0) is 11.4. The first-order valence-corrected chi connectivity index (χ1v) is 6.80. The number of amides is 1. The van der Waals surface area contributed by atoms with E-state index in [0.29, 0.717) is 13.0 Å². The van der Waals surface area contributed by atoms with Crippen LogP contribution < -0.4 is 0 Å². The maximum absolute atomic E-state index is 11.9. The third kappa shape index (κ3) is 2.93. The number of likely N-dealkylation sites (N-methyl/N-ethyl adjacent to an activating group) is 1. The minimum atomic E-state index is 0.177. The molecule has 84 valence electrons. The molecule has 0 saturated carbocycles. The largest absolute Gasteiger partial charge is 0.340 e. The van der Waals surface area contributed by atoms with Crippen LogP contribution in [0.25, 0.3) is 0 Å². The molecule has 0 aromatic carbocycles. The monoisotopic (exact) mass is 251 g/mol. The maximum Gasteiger partial charge on any atom is 0.227 e. The lowest BCUT2D eigenvalue weighted by Gasteiger charge is -2.15. The van der Waals surface area contributed by atoms with Crippen LogP contribution >= 0.6 is 22.7 Å². The fourth-order valence-corrected chi connectivity index (χ4v) is 2.87. The average molecular weight is 251 g/mol. The standard InChI is InChI=1S/C12H13NOS2/c1-13(9-11-5-3-7-16-11)12(14)8-10-4-2-6-15-10/h2-7H,8-9H2,1H3. The molecule has 2 aromatic rings. The van der Waals surface area contributed by atoms with E-state index in [1.807, 2.05) is 36.0 Å². The number of nitrogens with zero attached hydrogens (tertiary/aromatic N) is 1. The van der Waals surface area contributed by atoms with E-state index in [4.69, 9.17) is 0 Å². The van der Waals surface area contributed by atoms with Crippen LogP contribution in [0, 0.1) is 0 Å². The molecule has 4 heteroatoms. The number of carbonyl (C=O) groups excluding carboxylic acids is 1. The van der Waals surface area contributed by atoms with Gasteiger partial charge in [0.25, 0.3) is 0 Å². The van der Waals surface area contributed by atoms with E-state index in [1.165, 1.54) is 4.88 Å². The van der Waals surface area contributed by atoms with Gasteiger partial charge in [-0.2, -0.15) is 0 Å². The molecule has 2 heterocycles. The molecule has 2 rings (SSSR count). The van der Waals surface area contributed by atoms with Crippen molar-refractivity contribution in [3.8, 4) is 0 Å². The molecular formula is C12H13NOS2. The number of thiophene rings is 2. The second-order valence-corrected chi connectivity index (χ2v) is 5.65. The number of rotatable bonds is 4. The molecule has 0 atom stereocenters. The third-order valence-electron chi connectivity index (χ3n) is 2.30. The molecule has 0 radical (unpaired) electrons. The van der Waals surface area contributed by atoms with Crippen molar-refractivity contribution < 1.29 is 4.79 Å². The summed E-state index contributed by atoms with van der Waals surface area (Å²) in [5.41, 5.74) is 0. The van der Waals surface area contributed by atoms with Gasteiger partial charge in [0, 0.05) is 16.8 Å². The second-order valence-electron chi connectivity index (χ2n) is 3.59. The van der Waals surface area contributed by atoms with Gasteiger partial charge in [0.15, 0.2) is 0 Å². The van der Waals surface area contributed by atoms with Gasteiger partial charge in [0.2, 0.25) is 5.91 Å². The summed E-state index contributed by atoms with van der Waals surface area (Å²) in [5, 5.41) is 4.04. The maximum atomic E-state index is 11.9. The molecule has 2 aromatic heterocycles. The summed E-state index contributed by atoms with van der Waals surface area (Å²) < 4.78 is 0. The van der Waals surface area contributed by atoms with Crippen LogP contribution in [-0.4, -0.2) is 17.9 Å². The summed E-state index contributed by atoms with van der Waals surface area (Å²) in [4.78, 5) is 16.0. The predicted octanol–water partition coefficient (Wildman–Crippen LogP) is 3.01. The summed E-state index contributed by atoms with van der Waals surface area (Å²) in [6, 6.07) is 8.05. The van der Waals surface area contributed by atoms with Crippen molar-refractivity contribution in [3.05, 3.63) is 44.8 Å². The molecule has 16 heavy (non-hydrogen) atoms. The Kier molecular flexibility index (Phi) is 3.74. The quantitative estimate of drug-likeness (QED) is 0.818. The highest BCUT2D eigenvalue weighted by Gasteiger charge is 2.10. The van der Waals surface area contributed by atoms with E-state index >= 15 is 0 Å². The summed E-state index contributed by atoms with van der Waals surface area (Å²) in [7, 11) is 1.86. The molecule has 0 aliphatic carbocycles. The lowest BCUT2D eigenvalue weighted by Crippen LogP contribution is -2.27. The van der Waals surface area contributed by atoms with E-state index in [1.54, 1.807) is 27.6 Å². The van der Waals surface area contributed by atoms with Crippen LogP contribution in [-0.2, 0) is 17.8 Å². The summed E-state index contributed by atoms with van der Waals surface area (Å²) in [5.74, 6) is 0.177. The molecule has 0 aliphatic rings. The minimum Gasteiger partial charge on any atom is -0.340 e. The minimum absolute atomic E-state index is 0.177. The highest BCUT2D eigenvalue weighted by atomic mass is 32.1. The number of hydrogen-bond donors (Lipinski definition) is 0. The molecule has 0 unspecified atom stereocenters. The second kappa shape index (κ2) is 5.27. The zero-order valence-electron chi connectivity index (χ0n) is 9.05. The molecule has 0 aliphatic heterocycles. The van der Waals surface area contributed by atoms with E-state index in [9.17, 15) is 4.79 Å². The van der Waals surface area contributed by atoms with Gasteiger partial charge in [-0.15, -0.1) is 22.7 Å². The van der Waals surface area contributed by atoms with Crippen LogP contribution in [0.4, 0.5) is 0 Å². The highest BCUT2D eigenvalue weighted by Crippen LogP contribution is 2.13. The average Bonchev–Trinajstić information content (AvgIpc) is 2.90. The Hall–Kier alpha value is -1.13. The van der Waals surface area contributed by atoms with Gasteiger partial charge in [0.1, 0.15) is 0 Å². The van der Waals surface area contributed by atoms with Crippen LogP contribution in [0.2, 0.25) is 0 Å². The summed E-state index contributed by atoms with van der Waals surface area (Å²) in [6.07, 6.45) is 0.513. The van der Waals surface area contributed by atoms with Crippen LogP contribution in [0.1, 0.15) is 9.75 Å². The van der Waals surface area contributed by atoms with Gasteiger partial charge in [0.05, 0.1) is 13.0 Å². The first-order chi connectivity index (χ1) is 7.75. The summed E-state index contributed by atoms with van der Waals surface area (Å²) >= 11 is 3.32. The van der Waals surface area contributed by atoms with Gasteiger partial charge in [-0.25, -0.2) is 0 Å². The normalized spacial score (nSPS) is 10.3. The van der Waals surface area contributed by atoms with Gasteiger partial charge in [-0.1, -0.05) is 12.1 Å². The van der Waals surface area contributed by atoms with Crippen molar-refractivity contribution in [2.24, 2.45) is 0 Å². The molecular weight excluding hydrogens is 238 g/mol. The molecule has 2 nitrogen and oxygen atoms in total. The van der Waals surface area contributed by atoms with Crippen molar-refractivity contribution in [1.82, 2.24) is 4.90 Å². The zero-order valence-corrected chi connectivity index (χ0v) is 10.7. The molecule has 0 fully saturated rings. The van der Waals surface area contributed by atoms with E-state index in [0.717, 1.165) is 4.88 Å². The van der Waals surface area contributed by atoms with Crippen LogP contribution in [0.3, 0.4) is 0 Å². The fraction of sp³-hybridized carbons (Fsp3) is 0.250. The van der Waals surface area contributed by atoms with Gasteiger partial charge >= 0.3 is 0 Å². The van der Waals surface area contributed by atoms with Gasteiger partial charge < -0.3 is 4.90 Å². The smallest absolute Gasteiger partial charge is 0.227 e. The lowest BCUT2D eigenvalue weighted by molar-refractivity contribution is -0.129. The van der Waals surface area contributed by atoms with Crippen molar-refractivity contribution in [2.45, 2.75) is 13.0 Å². The summed E-state index contributed by atoms with van der Waals surface area (Å²) in [6.45, 7) is 0.710. The molecule has 0 spiro atoms. The van der Waals surface area contributed by atoms with Crippen molar-refractivity contribution in [3.63, 3.8) is 0 Å². The van der Waals surface area contributed by atoms with E-state index in [-0.39, 0.29) is 5.91 Å². The Balaban J connectivity index is 1.90. The SMILES string of the molecule is CN(Cc1cccs1)C(=O)Cc1cccs1. The Morgan fingerprint density at radius 1 is 1.19 bits per heavy atom. The Bertz CT molecular complexity index is 434. The molecule has 1 amide bonds. The van der Waals surface area contributed by atoms with E-state index in [2.05, 4.69) is 6.07 Å². The van der Waals surface area contributed by atoms with Gasteiger partial charge in [-0.05, 0) is 22.9 Å². The van der Waals surface area contributed by atoms with Crippen molar-refractivity contribution in [1.29, 1.82) is 0 Å². The number of hydrogen-bond acceptors (Lipinski definition) is 3. The first kappa shape index (κ1) is 11.4. The molecule has 0 saturated heterocycles. The van der Waals surface area contributed by atoms with Crippen molar-refractivity contribution >= 4 is 28.6 Å².